The number of carbonyl (C=O) groups excluding carboxylic acids is 2. The largest absolute Gasteiger partial charge is 0.453 e. The number of aromatic nitrogens is 5. The number of hydrogen-bond donors (Lipinski definition) is 5. The molecule has 0 radical (unpaired) electrons. The first-order chi connectivity index (χ1) is 26.1. The number of aromatic amines is 2. The van der Waals surface area contributed by atoms with Crippen molar-refractivity contribution in [2.24, 2.45) is 17.6 Å². The first kappa shape index (κ1) is 37.3. The van der Waals surface area contributed by atoms with Crippen LogP contribution >= 0.6 is 0 Å². The Bertz CT molecular complexity index is 2270. The van der Waals surface area contributed by atoms with Crippen molar-refractivity contribution in [3.05, 3.63) is 54.1 Å². The van der Waals surface area contributed by atoms with Gasteiger partial charge in [0, 0.05) is 29.5 Å². The van der Waals surface area contributed by atoms with Crippen LogP contribution in [0.3, 0.4) is 0 Å². The van der Waals surface area contributed by atoms with Crippen LogP contribution < -0.4 is 16.5 Å². The molecule has 1 aliphatic heterocycles. The van der Waals surface area contributed by atoms with Gasteiger partial charge in [-0.3, -0.25) is 4.79 Å². The summed E-state index contributed by atoms with van der Waals surface area (Å²) in [6, 6.07) is 13.4. The molecule has 4 heterocycles. The number of rotatable bonds is 14. The molecule has 7 rings (SSSR count). The Kier molecular flexibility index (Phi) is 10.9. The van der Waals surface area contributed by atoms with Gasteiger partial charge in [0.15, 0.2) is 5.58 Å². The highest BCUT2D eigenvalue weighted by Crippen LogP contribution is 2.37. The molecule has 6 aromatic rings. The fourth-order valence-corrected chi connectivity index (χ4v) is 7.76. The average molecular weight is 738 g/mol. The van der Waals surface area contributed by atoms with E-state index in [9.17, 15) is 9.59 Å². The number of fused-ring (bicyclic) bond motifs is 6. The van der Waals surface area contributed by atoms with Crippen molar-refractivity contribution in [2.45, 2.75) is 83.8 Å². The lowest BCUT2D eigenvalue weighted by molar-refractivity contribution is -0.135. The SMILES string of the molecule is CON[C@H](CC(CCCN)c1nc2ccc3cc(-c4nc5ccc6nc([C@@H]7CCCN7C(=O)[C@@H](NC(=O)OC)C(C)C)[nH]c6c5o4)ccc3c2[nH]1)C(C)C. The highest BCUT2D eigenvalue weighted by Gasteiger charge is 2.38. The number of H-pyrrole nitrogens is 2. The minimum Gasteiger partial charge on any atom is -0.453 e. The van der Waals surface area contributed by atoms with Crippen molar-refractivity contribution < 1.29 is 23.6 Å². The molecule has 0 spiro atoms. The van der Waals surface area contributed by atoms with Gasteiger partial charge in [-0.25, -0.2) is 19.7 Å². The number of ether oxygens (including phenoxy) is 1. The highest BCUT2D eigenvalue weighted by molar-refractivity contribution is 6.05. The molecule has 0 aliphatic carbocycles. The Balaban J connectivity index is 1.17. The molecule has 286 valence electrons. The summed E-state index contributed by atoms with van der Waals surface area (Å²) < 4.78 is 11.2. The van der Waals surface area contributed by atoms with E-state index in [1.165, 1.54) is 7.11 Å². The molecule has 1 unspecified atom stereocenters. The normalized spacial score (nSPS) is 16.7. The average Bonchev–Trinajstić information content (AvgIpc) is 3.98. The number of nitrogens with two attached hydrogens (primary N) is 1. The second-order valence-corrected chi connectivity index (χ2v) is 15.0. The topological polar surface area (TPSA) is 189 Å². The van der Waals surface area contributed by atoms with Crippen LogP contribution in [0.4, 0.5) is 4.79 Å². The van der Waals surface area contributed by atoms with Crippen LogP contribution in [0.25, 0.3) is 55.4 Å². The van der Waals surface area contributed by atoms with Crippen LogP contribution in [0, 0.1) is 11.8 Å². The summed E-state index contributed by atoms with van der Waals surface area (Å²) in [4.78, 5) is 54.8. The van der Waals surface area contributed by atoms with E-state index >= 15 is 0 Å². The molecule has 0 saturated carbocycles. The molecule has 54 heavy (non-hydrogen) atoms. The number of nitrogens with one attached hydrogen (secondary N) is 4. The van der Waals surface area contributed by atoms with E-state index in [2.05, 4.69) is 58.9 Å². The molecule has 4 atom stereocenters. The number of methoxy groups -OCH3 is 1. The van der Waals surface area contributed by atoms with E-state index in [1.807, 2.05) is 32.0 Å². The maximum Gasteiger partial charge on any atom is 0.407 e. The summed E-state index contributed by atoms with van der Waals surface area (Å²) in [5.74, 6) is 2.45. The minimum absolute atomic E-state index is 0.121. The van der Waals surface area contributed by atoms with Crippen molar-refractivity contribution in [1.82, 2.24) is 40.6 Å². The maximum absolute atomic E-state index is 13.7. The third-order valence-electron chi connectivity index (χ3n) is 10.8. The predicted octanol–water partition coefficient (Wildman–Crippen LogP) is 6.83. The summed E-state index contributed by atoms with van der Waals surface area (Å²) in [5, 5.41) is 4.81. The van der Waals surface area contributed by atoms with Crippen molar-refractivity contribution in [3.8, 4) is 11.5 Å². The number of imidazole rings is 2. The van der Waals surface area contributed by atoms with Gasteiger partial charge in [0.05, 0.1) is 36.8 Å². The quantitative estimate of drug-likeness (QED) is 0.0741. The van der Waals surface area contributed by atoms with Crippen LogP contribution in [0.5, 0.6) is 0 Å². The monoisotopic (exact) mass is 737 g/mol. The van der Waals surface area contributed by atoms with Gasteiger partial charge >= 0.3 is 6.09 Å². The van der Waals surface area contributed by atoms with E-state index in [0.717, 1.165) is 76.3 Å². The number of benzene rings is 3. The zero-order valence-corrected chi connectivity index (χ0v) is 31.9. The number of oxazole rings is 1. The number of hydrogen-bond acceptors (Lipinski definition) is 10. The number of hydroxylamine groups is 1. The van der Waals surface area contributed by atoms with Crippen LogP contribution in [0.2, 0.25) is 0 Å². The van der Waals surface area contributed by atoms with Crippen molar-refractivity contribution in [3.63, 3.8) is 0 Å². The van der Waals surface area contributed by atoms with Crippen LogP contribution in [-0.4, -0.2) is 81.2 Å². The van der Waals surface area contributed by atoms with Gasteiger partial charge in [-0.2, -0.15) is 5.48 Å². The number of nitrogens with zero attached hydrogens (tertiary/aromatic N) is 4. The van der Waals surface area contributed by atoms with Gasteiger partial charge in [0.1, 0.15) is 28.7 Å². The van der Waals surface area contributed by atoms with Crippen molar-refractivity contribution in [1.29, 1.82) is 0 Å². The molecule has 14 nitrogen and oxygen atoms in total. The van der Waals surface area contributed by atoms with Crippen molar-refractivity contribution in [2.75, 3.05) is 27.3 Å². The summed E-state index contributed by atoms with van der Waals surface area (Å²) in [7, 11) is 2.95. The van der Waals surface area contributed by atoms with Gasteiger partial charge in [-0.15, -0.1) is 0 Å². The molecular formula is C40H51N9O5. The molecule has 6 N–H and O–H groups in total. The third-order valence-corrected chi connectivity index (χ3v) is 10.8. The molecule has 3 aromatic heterocycles. The lowest BCUT2D eigenvalue weighted by Crippen LogP contribution is -2.51. The molecule has 0 bridgehead atoms. The number of likely N-dealkylation sites (tertiary alicyclic amines) is 1. The zero-order valence-electron chi connectivity index (χ0n) is 31.9. The second-order valence-electron chi connectivity index (χ2n) is 15.0. The number of carbonyl (C=O) groups is 2. The van der Waals surface area contributed by atoms with Gasteiger partial charge in [-0.1, -0.05) is 39.8 Å². The Hall–Kier alpha value is -5.05. The van der Waals surface area contributed by atoms with E-state index in [-0.39, 0.29) is 29.8 Å². The van der Waals surface area contributed by atoms with E-state index in [0.29, 0.717) is 41.8 Å². The summed E-state index contributed by atoms with van der Waals surface area (Å²) in [6.07, 6.45) is 3.66. The molecule has 14 heteroatoms. The lowest BCUT2D eigenvalue weighted by Gasteiger charge is -2.29. The van der Waals surface area contributed by atoms with Crippen LogP contribution in [-0.2, 0) is 14.4 Å². The minimum atomic E-state index is -0.710. The Morgan fingerprint density at radius 2 is 1.76 bits per heavy atom. The van der Waals surface area contributed by atoms with E-state index < -0.39 is 12.1 Å². The molecule has 2 amide bonds. The summed E-state index contributed by atoms with van der Waals surface area (Å²) in [6.45, 7) is 9.39. The molecule has 1 aliphatic rings. The standard InChI is InChI=1S/C40H51N9O5/c1-21(2)30(48-53-6)20-24(9-7-17-41)36-42-27-14-12-23-19-25(11-13-26(23)33(27)45-36)38-44-29-16-15-28-34(35(29)54-38)46-37(43-28)31-10-8-18-49(31)39(50)32(22(3)4)47-40(51)52-5/h11-16,19,21-22,24,30-32,48H,7-10,17-18,20,41H2,1-6H3,(H,42,45)(H,43,46)(H,47,51)/t24?,30-,31+,32+/m1/s1. The number of amides is 2. The lowest BCUT2D eigenvalue weighted by atomic mass is 9.89. The Labute approximate surface area is 313 Å². The van der Waals surface area contributed by atoms with Gasteiger partial charge < -0.3 is 39.9 Å². The third kappa shape index (κ3) is 7.25. The molecule has 1 fully saturated rings. The molecule has 1 saturated heterocycles. The molecular weight excluding hydrogens is 686 g/mol. The van der Waals surface area contributed by atoms with Gasteiger partial charge in [0.2, 0.25) is 11.8 Å². The van der Waals surface area contributed by atoms with Crippen LogP contribution in [0.15, 0.2) is 46.9 Å². The fourth-order valence-electron chi connectivity index (χ4n) is 7.76. The second kappa shape index (κ2) is 15.7. The van der Waals surface area contributed by atoms with Crippen molar-refractivity contribution >= 4 is 55.9 Å². The fraction of sp³-hybridized carbons (Fsp3) is 0.475. The van der Waals surface area contributed by atoms with Gasteiger partial charge in [0.25, 0.3) is 0 Å². The predicted molar refractivity (Wildman–Crippen MR) is 209 cm³/mol. The first-order valence-corrected chi connectivity index (χ1v) is 19.0. The summed E-state index contributed by atoms with van der Waals surface area (Å²) in [5.41, 5.74) is 14.6. The zero-order chi connectivity index (χ0) is 38.1. The molecule has 3 aromatic carbocycles. The summed E-state index contributed by atoms with van der Waals surface area (Å²) >= 11 is 0. The number of alkyl carbamates (subject to hydrolysis) is 1. The Morgan fingerprint density at radius 1 is 0.981 bits per heavy atom. The van der Waals surface area contributed by atoms with E-state index in [4.69, 9.17) is 34.7 Å². The van der Waals surface area contributed by atoms with Crippen LogP contribution in [0.1, 0.15) is 83.4 Å². The Morgan fingerprint density at radius 3 is 2.50 bits per heavy atom. The van der Waals surface area contributed by atoms with E-state index in [1.54, 1.807) is 12.0 Å². The van der Waals surface area contributed by atoms with Gasteiger partial charge in [-0.05, 0) is 86.2 Å². The smallest absolute Gasteiger partial charge is 0.407 e. The highest BCUT2D eigenvalue weighted by atomic mass is 16.6. The maximum atomic E-state index is 13.7. The first-order valence-electron chi connectivity index (χ1n) is 19.0.